The summed E-state index contributed by atoms with van der Waals surface area (Å²) in [4.78, 5) is 13.8. The van der Waals surface area contributed by atoms with Crippen LogP contribution in [0.1, 0.15) is 26.0 Å². The van der Waals surface area contributed by atoms with Crippen LogP contribution in [0.25, 0.3) is 0 Å². The summed E-state index contributed by atoms with van der Waals surface area (Å²) in [5, 5.41) is 3.17. The molecule has 0 aliphatic carbocycles. The van der Waals surface area contributed by atoms with Crippen molar-refractivity contribution < 1.29 is 0 Å². The van der Waals surface area contributed by atoms with E-state index in [-0.39, 0.29) is 0 Å². The van der Waals surface area contributed by atoms with Gasteiger partial charge < -0.3 is 10.2 Å². The molecule has 5 nitrogen and oxygen atoms in total. The Labute approximate surface area is 116 Å². The summed E-state index contributed by atoms with van der Waals surface area (Å²) in [5.41, 5.74) is 1.05. The smallest absolute Gasteiger partial charge is 0.144 e. The van der Waals surface area contributed by atoms with E-state index in [0.717, 1.165) is 37.7 Å². The average Bonchev–Trinajstić information content (AvgIpc) is 2.54. The fourth-order valence-electron chi connectivity index (χ4n) is 2.57. The van der Waals surface area contributed by atoms with E-state index in [1.165, 1.54) is 13.0 Å². The van der Waals surface area contributed by atoms with Crippen LogP contribution in [0, 0.1) is 0 Å². The topological polar surface area (TPSA) is 44.3 Å². The molecule has 1 unspecified atom stereocenters. The molecule has 0 bridgehead atoms. The number of likely N-dealkylation sites (N-methyl/N-ethyl adjacent to an activating group) is 1. The highest BCUT2D eigenvalue weighted by atomic mass is 15.2. The van der Waals surface area contributed by atoms with Crippen molar-refractivity contribution in [1.82, 2.24) is 19.8 Å². The quantitative estimate of drug-likeness (QED) is 0.890. The molecular weight excluding hydrogens is 238 g/mol. The maximum atomic E-state index is 4.50. The van der Waals surface area contributed by atoms with E-state index in [0.29, 0.717) is 6.04 Å². The summed E-state index contributed by atoms with van der Waals surface area (Å²) in [6.45, 7) is 9.59. The van der Waals surface area contributed by atoms with Crippen molar-refractivity contribution in [2.45, 2.75) is 32.9 Å². The van der Waals surface area contributed by atoms with Gasteiger partial charge in [0.05, 0.1) is 18.1 Å². The molecule has 1 N–H and O–H groups in total. The summed E-state index contributed by atoms with van der Waals surface area (Å²) in [6.07, 6.45) is 4.94. The van der Waals surface area contributed by atoms with E-state index < -0.39 is 0 Å². The Kier molecular flexibility index (Phi) is 5.10. The molecule has 2 rings (SSSR count). The van der Waals surface area contributed by atoms with E-state index in [4.69, 9.17) is 0 Å². The van der Waals surface area contributed by atoms with Crippen LogP contribution in [0.3, 0.4) is 0 Å². The maximum Gasteiger partial charge on any atom is 0.144 e. The van der Waals surface area contributed by atoms with E-state index in [1.807, 2.05) is 12.4 Å². The van der Waals surface area contributed by atoms with Gasteiger partial charge in [0, 0.05) is 32.2 Å². The minimum absolute atomic E-state index is 0.572. The highest BCUT2D eigenvalue weighted by Crippen LogP contribution is 2.12. The number of hydrogen-bond acceptors (Lipinski definition) is 5. The van der Waals surface area contributed by atoms with Gasteiger partial charge >= 0.3 is 0 Å². The van der Waals surface area contributed by atoms with Crippen molar-refractivity contribution in [3.8, 4) is 0 Å². The van der Waals surface area contributed by atoms with E-state index in [9.17, 15) is 0 Å². The second kappa shape index (κ2) is 6.82. The van der Waals surface area contributed by atoms with Crippen LogP contribution in [-0.2, 0) is 6.54 Å². The third-order valence-corrected chi connectivity index (χ3v) is 3.61. The predicted octanol–water partition coefficient (Wildman–Crippen LogP) is 1.43. The highest BCUT2D eigenvalue weighted by Gasteiger charge is 2.19. The van der Waals surface area contributed by atoms with Crippen LogP contribution in [0.15, 0.2) is 12.4 Å². The van der Waals surface area contributed by atoms with E-state index >= 15 is 0 Å². The Bertz CT molecular complexity index is 378. The summed E-state index contributed by atoms with van der Waals surface area (Å²) in [6, 6.07) is 0.572. The molecule has 19 heavy (non-hydrogen) atoms. The molecule has 5 heteroatoms. The van der Waals surface area contributed by atoms with Crippen LogP contribution in [0.5, 0.6) is 0 Å². The van der Waals surface area contributed by atoms with Crippen LogP contribution in [0.2, 0.25) is 0 Å². The number of nitrogens with one attached hydrogen (secondary N) is 1. The van der Waals surface area contributed by atoms with Crippen LogP contribution >= 0.6 is 0 Å². The number of hydrogen-bond donors (Lipinski definition) is 1. The minimum atomic E-state index is 0.572. The number of anilines is 1. The molecule has 0 aromatic carbocycles. The molecule has 0 saturated carbocycles. The van der Waals surface area contributed by atoms with Crippen LogP contribution < -0.4 is 5.32 Å². The van der Waals surface area contributed by atoms with Crippen molar-refractivity contribution in [2.24, 2.45) is 0 Å². The van der Waals surface area contributed by atoms with Crippen molar-refractivity contribution in [2.75, 3.05) is 38.5 Å². The summed E-state index contributed by atoms with van der Waals surface area (Å²) >= 11 is 0. The standard InChI is InChI=1S/C14H25N5/c1-4-15-14-9-16-13(8-17-14)11-19-7-5-6-18(3)10-12(19)2/h8-9,12H,4-7,10-11H2,1-3H3,(H,15,17). The Morgan fingerprint density at radius 3 is 2.84 bits per heavy atom. The first kappa shape index (κ1) is 14.2. The highest BCUT2D eigenvalue weighted by molar-refractivity contribution is 5.30. The number of nitrogens with zero attached hydrogens (tertiary/aromatic N) is 4. The Hall–Kier alpha value is -1.20. The number of aromatic nitrogens is 2. The molecule has 1 saturated heterocycles. The lowest BCUT2D eigenvalue weighted by Crippen LogP contribution is -2.37. The molecule has 0 radical (unpaired) electrons. The van der Waals surface area contributed by atoms with Crippen LogP contribution in [-0.4, -0.2) is 59.0 Å². The van der Waals surface area contributed by atoms with Gasteiger partial charge in [-0.1, -0.05) is 0 Å². The lowest BCUT2D eigenvalue weighted by Gasteiger charge is -2.27. The van der Waals surface area contributed by atoms with Gasteiger partial charge in [0.15, 0.2) is 0 Å². The number of rotatable bonds is 4. The molecule has 1 aromatic rings. The summed E-state index contributed by atoms with van der Waals surface area (Å²) < 4.78 is 0. The van der Waals surface area contributed by atoms with Gasteiger partial charge in [-0.25, -0.2) is 4.98 Å². The molecule has 2 heterocycles. The van der Waals surface area contributed by atoms with Gasteiger partial charge in [-0.3, -0.25) is 9.88 Å². The zero-order valence-electron chi connectivity index (χ0n) is 12.3. The van der Waals surface area contributed by atoms with Gasteiger partial charge in [-0.15, -0.1) is 0 Å². The van der Waals surface area contributed by atoms with Gasteiger partial charge in [0.2, 0.25) is 0 Å². The van der Waals surface area contributed by atoms with Gasteiger partial charge in [0.25, 0.3) is 0 Å². The van der Waals surface area contributed by atoms with Crippen molar-refractivity contribution >= 4 is 5.82 Å². The lowest BCUT2D eigenvalue weighted by atomic mass is 10.2. The van der Waals surface area contributed by atoms with Crippen molar-refractivity contribution in [3.05, 3.63) is 18.1 Å². The lowest BCUT2D eigenvalue weighted by molar-refractivity contribution is 0.192. The molecule has 1 fully saturated rings. The SMILES string of the molecule is CCNc1cnc(CN2CCCN(C)CC2C)cn1. The van der Waals surface area contributed by atoms with Gasteiger partial charge in [0.1, 0.15) is 5.82 Å². The maximum absolute atomic E-state index is 4.50. The van der Waals surface area contributed by atoms with Gasteiger partial charge in [-0.05, 0) is 33.9 Å². The monoisotopic (exact) mass is 263 g/mol. The summed E-state index contributed by atoms with van der Waals surface area (Å²) in [5.74, 6) is 0.856. The Morgan fingerprint density at radius 1 is 1.32 bits per heavy atom. The fourth-order valence-corrected chi connectivity index (χ4v) is 2.57. The van der Waals surface area contributed by atoms with Crippen molar-refractivity contribution in [1.29, 1.82) is 0 Å². The van der Waals surface area contributed by atoms with Crippen LogP contribution in [0.4, 0.5) is 5.82 Å². The minimum Gasteiger partial charge on any atom is -0.369 e. The molecule has 1 aliphatic heterocycles. The van der Waals surface area contributed by atoms with Gasteiger partial charge in [-0.2, -0.15) is 0 Å². The third-order valence-electron chi connectivity index (χ3n) is 3.61. The zero-order chi connectivity index (χ0) is 13.7. The molecule has 1 aliphatic rings. The molecule has 0 spiro atoms. The molecule has 1 aromatic heterocycles. The Balaban J connectivity index is 1.95. The fraction of sp³-hybridized carbons (Fsp3) is 0.714. The van der Waals surface area contributed by atoms with E-state index in [2.05, 4.69) is 46.0 Å². The first-order chi connectivity index (χ1) is 9.19. The second-order valence-corrected chi connectivity index (χ2v) is 5.36. The first-order valence-corrected chi connectivity index (χ1v) is 7.16. The third kappa shape index (κ3) is 4.14. The molecular formula is C14H25N5. The zero-order valence-corrected chi connectivity index (χ0v) is 12.3. The second-order valence-electron chi connectivity index (χ2n) is 5.36. The van der Waals surface area contributed by atoms with Crippen molar-refractivity contribution in [3.63, 3.8) is 0 Å². The Morgan fingerprint density at radius 2 is 2.16 bits per heavy atom. The summed E-state index contributed by atoms with van der Waals surface area (Å²) in [7, 11) is 2.20. The molecule has 1 atom stereocenters. The molecule has 106 valence electrons. The predicted molar refractivity (Wildman–Crippen MR) is 78.2 cm³/mol. The average molecular weight is 263 g/mol. The van der Waals surface area contributed by atoms with E-state index in [1.54, 1.807) is 0 Å². The largest absolute Gasteiger partial charge is 0.369 e. The normalized spacial score (nSPS) is 22.2. The molecule has 0 amide bonds. The first-order valence-electron chi connectivity index (χ1n) is 7.16.